The number of carbonyl (C=O) groups excluding carboxylic acids is 1. The Labute approximate surface area is 135 Å². The van der Waals surface area contributed by atoms with Crippen molar-refractivity contribution >= 4 is 11.9 Å². The molecule has 2 rings (SSSR count). The second-order valence-corrected chi connectivity index (χ2v) is 5.07. The van der Waals surface area contributed by atoms with E-state index in [-0.39, 0.29) is 6.42 Å². The number of carbonyl (C=O) groups is 2. The molecule has 0 bridgehead atoms. The smallest absolute Gasteiger partial charge is 0.328 e. The van der Waals surface area contributed by atoms with Gasteiger partial charge in [-0.25, -0.2) is 18.3 Å². The number of aryl methyl sites for hydroxylation is 1. The zero-order chi connectivity index (χ0) is 17.7. The van der Waals surface area contributed by atoms with Crippen LogP contribution in [-0.2, 0) is 16.0 Å². The van der Waals surface area contributed by atoms with Crippen LogP contribution in [0.4, 0.5) is 8.78 Å². The molecule has 0 fully saturated rings. The Balaban J connectivity index is 2.26. The lowest BCUT2D eigenvalue weighted by atomic mass is 10.0. The van der Waals surface area contributed by atoms with Crippen molar-refractivity contribution in [2.75, 3.05) is 6.67 Å². The fraction of sp³-hybridized carbons (Fsp3) is 0.357. The molecule has 2 unspecified atom stereocenters. The minimum Gasteiger partial charge on any atom is -0.480 e. The first kappa shape index (κ1) is 17.4. The number of aliphatic carboxylic acids is 1. The lowest BCUT2D eigenvalue weighted by Crippen LogP contribution is -2.46. The summed E-state index contributed by atoms with van der Waals surface area (Å²) in [7, 11) is 0. The number of nitrogens with one attached hydrogen (secondary N) is 1. The van der Waals surface area contributed by atoms with Crippen molar-refractivity contribution < 1.29 is 23.5 Å². The molecule has 2 aromatic rings. The van der Waals surface area contributed by atoms with Crippen molar-refractivity contribution in [3.05, 3.63) is 41.5 Å². The summed E-state index contributed by atoms with van der Waals surface area (Å²) in [5.74, 6) is -2.34. The number of hydrogen-bond donors (Lipinski definition) is 2. The maximum Gasteiger partial charge on any atom is 0.328 e. The summed E-state index contributed by atoms with van der Waals surface area (Å²) < 4.78 is 26.9. The Morgan fingerprint density at radius 1 is 1.33 bits per heavy atom. The van der Waals surface area contributed by atoms with Crippen molar-refractivity contribution in [1.29, 1.82) is 0 Å². The Morgan fingerprint density at radius 2 is 2.00 bits per heavy atom. The zero-order valence-corrected chi connectivity index (χ0v) is 12.7. The van der Waals surface area contributed by atoms with Gasteiger partial charge in [0.1, 0.15) is 24.4 Å². The van der Waals surface area contributed by atoms with Gasteiger partial charge in [-0.1, -0.05) is 12.1 Å². The molecule has 0 spiro atoms. The van der Waals surface area contributed by atoms with E-state index in [2.05, 4.69) is 20.8 Å². The predicted octanol–water partition coefficient (Wildman–Crippen LogP) is 0.443. The van der Waals surface area contributed by atoms with Gasteiger partial charge in [-0.3, -0.25) is 4.79 Å². The number of tetrazole rings is 1. The van der Waals surface area contributed by atoms with Gasteiger partial charge < -0.3 is 10.4 Å². The molecule has 1 amide bonds. The maximum atomic E-state index is 13.0. The Kier molecular flexibility index (Phi) is 5.51. The van der Waals surface area contributed by atoms with Crippen LogP contribution in [0.1, 0.15) is 17.4 Å². The van der Waals surface area contributed by atoms with Gasteiger partial charge in [-0.05, 0) is 35.0 Å². The van der Waals surface area contributed by atoms with E-state index in [0.29, 0.717) is 11.4 Å². The summed E-state index contributed by atoms with van der Waals surface area (Å²) in [4.78, 5) is 23.3. The first-order valence-corrected chi connectivity index (χ1v) is 7.00. The summed E-state index contributed by atoms with van der Waals surface area (Å²) in [6, 6.07) is 2.78. The monoisotopic (exact) mass is 339 g/mol. The standard InChI is InChI=1S/C14H15F2N5O3/c1-8-18-19-20-21(8)12(6-9-2-4-10(16)5-3-9)13(22)17-11(7-15)14(23)24/h2-5,11-12H,6-7H2,1H3,(H,17,22)(H,23,24). The average molecular weight is 339 g/mol. The van der Waals surface area contributed by atoms with Gasteiger partial charge in [0, 0.05) is 6.42 Å². The van der Waals surface area contributed by atoms with Gasteiger partial charge in [0.2, 0.25) is 5.91 Å². The first-order chi connectivity index (χ1) is 11.4. The molecule has 128 valence electrons. The molecular formula is C14H15F2N5O3. The SMILES string of the molecule is Cc1nnnn1C(Cc1ccc(F)cc1)C(=O)NC(CF)C(=O)O. The third-order valence-electron chi connectivity index (χ3n) is 3.37. The van der Waals surface area contributed by atoms with E-state index in [4.69, 9.17) is 5.11 Å². The molecule has 0 saturated heterocycles. The minimum absolute atomic E-state index is 0.0800. The molecule has 2 N–H and O–H groups in total. The van der Waals surface area contributed by atoms with Gasteiger partial charge in [0.15, 0.2) is 6.04 Å². The molecule has 0 aliphatic heterocycles. The fourth-order valence-electron chi connectivity index (χ4n) is 2.09. The molecule has 1 aromatic carbocycles. The minimum atomic E-state index is -1.66. The predicted molar refractivity (Wildman–Crippen MR) is 77.2 cm³/mol. The van der Waals surface area contributed by atoms with Gasteiger partial charge in [-0.2, -0.15) is 0 Å². The molecule has 0 saturated carbocycles. The van der Waals surface area contributed by atoms with Gasteiger partial charge in [0.05, 0.1) is 0 Å². The second-order valence-electron chi connectivity index (χ2n) is 5.07. The lowest BCUT2D eigenvalue weighted by Gasteiger charge is -2.19. The highest BCUT2D eigenvalue weighted by Crippen LogP contribution is 2.16. The summed E-state index contributed by atoms with van der Waals surface area (Å²) in [5, 5.41) is 21.8. The summed E-state index contributed by atoms with van der Waals surface area (Å²) in [6.45, 7) is 0.313. The third kappa shape index (κ3) is 4.09. The summed E-state index contributed by atoms with van der Waals surface area (Å²) in [6.07, 6.45) is 0.0800. The van der Waals surface area contributed by atoms with Crippen LogP contribution in [0.25, 0.3) is 0 Å². The number of halogens is 2. The molecule has 24 heavy (non-hydrogen) atoms. The van der Waals surface area contributed by atoms with E-state index in [1.54, 1.807) is 6.92 Å². The summed E-state index contributed by atoms with van der Waals surface area (Å²) >= 11 is 0. The largest absolute Gasteiger partial charge is 0.480 e. The number of amides is 1. The molecule has 1 aromatic heterocycles. The summed E-state index contributed by atoms with van der Waals surface area (Å²) in [5.41, 5.74) is 0.610. The van der Waals surface area contributed by atoms with Crippen LogP contribution in [0.15, 0.2) is 24.3 Å². The van der Waals surface area contributed by atoms with Crippen molar-refractivity contribution in [2.24, 2.45) is 0 Å². The van der Waals surface area contributed by atoms with Gasteiger partial charge in [0.25, 0.3) is 0 Å². The molecule has 0 aliphatic rings. The molecule has 0 aliphatic carbocycles. The molecule has 1 heterocycles. The number of benzene rings is 1. The Hall–Kier alpha value is -2.91. The van der Waals surface area contributed by atoms with Crippen LogP contribution in [0, 0.1) is 12.7 Å². The lowest BCUT2D eigenvalue weighted by molar-refractivity contribution is -0.142. The van der Waals surface area contributed by atoms with Gasteiger partial charge >= 0.3 is 5.97 Å². The first-order valence-electron chi connectivity index (χ1n) is 7.00. The second kappa shape index (κ2) is 7.57. The number of alkyl halides is 1. The number of carboxylic acids is 1. The topological polar surface area (TPSA) is 110 Å². The maximum absolute atomic E-state index is 13.0. The van der Waals surface area contributed by atoms with Crippen LogP contribution >= 0.6 is 0 Å². The van der Waals surface area contributed by atoms with E-state index in [1.165, 1.54) is 28.9 Å². The van der Waals surface area contributed by atoms with E-state index >= 15 is 0 Å². The van der Waals surface area contributed by atoms with Gasteiger partial charge in [-0.15, -0.1) is 5.10 Å². The van der Waals surface area contributed by atoms with Crippen LogP contribution < -0.4 is 5.32 Å². The molecule has 2 atom stereocenters. The molecular weight excluding hydrogens is 324 g/mol. The van der Waals surface area contributed by atoms with E-state index in [0.717, 1.165) is 0 Å². The normalized spacial score (nSPS) is 13.3. The quantitative estimate of drug-likeness (QED) is 0.757. The molecule has 10 heteroatoms. The fourth-order valence-corrected chi connectivity index (χ4v) is 2.09. The highest BCUT2D eigenvalue weighted by Gasteiger charge is 2.28. The highest BCUT2D eigenvalue weighted by atomic mass is 19.1. The molecule has 0 radical (unpaired) electrons. The van der Waals surface area contributed by atoms with Crippen LogP contribution in [0.5, 0.6) is 0 Å². The number of rotatable bonds is 7. The van der Waals surface area contributed by atoms with Crippen molar-refractivity contribution in [1.82, 2.24) is 25.5 Å². The third-order valence-corrected chi connectivity index (χ3v) is 3.37. The van der Waals surface area contributed by atoms with Crippen molar-refractivity contribution in [3.8, 4) is 0 Å². The Morgan fingerprint density at radius 3 is 2.50 bits per heavy atom. The van der Waals surface area contributed by atoms with E-state index < -0.39 is 36.5 Å². The number of aromatic nitrogens is 4. The number of carboxylic acid groups (broad SMARTS) is 1. The highest BCUT2D eigenvalue weighted by molar-refractivity contribution is 5.86. The van der Waals surface area contributed by atoms with Crippen LogP contribution in [0.3, 0.4) is 0 Å². The van der Waals surface area contributed by atoms with E-state index in [9.17, 15) is 18.4 Å². The number of nitrogens with zero attached hydrogens (tertiary/aromatic N) is 4. The van der Waals surface area contributed by atoms with E-state index in [1.807, 2.05) is 0 Å². The van der Waals surface area contributed by atoms with Crippen LogP contribution in [-0.4, -0.2) is 49.9 Å². The zero-order valence-electron chi connectivity index (χ0n) is 12.7. The Bertz CT molecular complexity index is 719. The average Bonchev–Trinajstić information content (AvgIpc) is 2.97. The van der Waals surface area contributed by atoms with Crippen molar-refractivity contribution in [2.45, 2.75) is 25.4 Å². The van der Waals surface area contributed by atoms with Crippen molar-refractivity contribution in [3.63, 3.8) is 0 Å². The number of hydrogen-bond acceptors (Lipinski definition) is 5. The van der Waals surface area contributed by atoms with Crippen LogP contribution in [0.2, 0.25) is 0 Å². The molecule has 8 nitrogen and oxygen atoms in total.